The molecule has 3 nitrogen and oxygen atoms in total. The van der Waals surface area contributed by atoms with Crippen molar-refractivity contribution in [3.05, 3.63) is 0 Å². The van der Waals surface area contributed by atoms with Crippen LogP contribution in [0.25, 0.3) is 0 Å². The maximum Gasteiger partial charge on any atom is 0.436 e. The van der Waals surface area contributed by atoms with Crippen molar-refractivity contribution in [2.75, 3.05) is 14.2 Å². The number of methoxy groups -OCH3 is 2. The van der Waals surface area contributed by atoms with Crippen LogP contribution in [0.3, 0.4) is 0 Å². The standard InChI is InChI=1S/C6H7F6NO2/c1-14-3(5(7,8)9)4(13-3,15-2)6(10,11)12/h13H,1-2H3. The molecule has 0 aliphatic carbocycles. The first-order valence-electron chi connectivity index (χ1n) is 3.61. The van der Waals surface area contributed by atoms with E-state index in [0.717, 1.165) is 0 Å². The van der Waals surface area contributed by atoms with E-state index < -0.39 is 23.8 Å². The smallest absolute Gasteiger partial charge is 0.352 e. The normalized spacial score (nSPS) is 36.8. The highest BCUT2D eigenvalue weighted by atomic mass is 19.4. The molecule has 1 aliphatic rings. The van der Waals surface area contributed by atoms with Crippen molar-refractivity contribution in [1.29, 1.82) is 0 Å². The summed E-state index contributed by atoms with van der Waals surface area (Å²) in [5, 5.41) is 1.18. The molecule has 1 saturated heterocycles. The van der Waals surface area contributed by atoms with Gasteiger partial charge in [-0.15, -0.1) is 0 Å². The molecule has 1 rings (SSSR count). The first-order chi connectivity index (χ1) is 6.58. The van der Waals surface area contributed by atoms with Gasteiger partial charge in [0.05, 0.1) is 0 Å². The fourth-order valence-electron chi connectivity index (χ4n) is 1.38. The molecule has 0 aromatic carbocycles. The van der Waals surface area contributed by atoms with Crippen LogP contribution in [-0.4, -0.2) is 38.0 Å². The number of hydrogen-bond acceptors (Lipinski definition) is 3. The maximum atomic E-state index is 12.3. The molecule has 0 amide bonds. The van der Waals surface area contributed by atoms with Gasteiger partial charge in [-0.3, -0.25) is 0 Å². The van der Waals surface area contributed by atoms with E-state index in [1.165, 1.54) is 5.32 Å². The zero-order valence-corrected chi connectivity index (χ0v) is 7.58. The molecule has 9 heteroatoms. The molecule has 0 saturated carbocycles. The summed E-state index contributed by atoms with van der Waals surface area (Å²) in [6.45, 7) is 0. The lowest BCUT2D eigenvalue weighted by molar-refractivity contribution is -0.304. The highest BCUT2D eigenvalue weighted by Crippen LogP contribution is 2.58. The molecule has 1 fully saturated rings. The van der Waals surface area contributed by atoms with Crippen LogP contribution in [0.4, 0.5) is 26.3 Å². The summed E-state index contributed by atoms with van der Waals surface area (Å²) in [6.07, 6.45) is -10.5. The Morgan fingerprint density at radius 3 is 1.13 bits per heavy atom. The zero-order chi connectivity index (χ0) is 12.1. The lowest BCUT2D eigenvalue weighted by atomic mass is 10.2. The van der Waals surface area contributed by atoms with Crippen LogP contribution < -0.4 is 5.32 Å². The Labute approximate surface area is 80.3 Å². The topological polar surface area (TPSA) is 40.4 Å². The average molecular weight is 239 g/mol. The van der Waals surface area contributed by atoms with Crippen molar-refractivity contribution in [1.82, 2.24) is 5.32 Å². The highest BCUT2D eigenvalue weighted by Gasteiger charge is 2.92. The van der Waals surface area contributed by atoms with E-state index in [0.29, 0.717) is 14.2 Å². The van der Waals surface area contributed by atoms with Gasteiger partial charge in [0, 0.05) is 14.2 Å². The van der Waals surface area contributed by atoms with Gasteiger partial charge in [-0.2, -0.15) is 26.3 Å². The van der Waals surface area contributed by atoms with Gasteiger partial charge in [0.15, 0.2) is 0 Å². The summed E-state index contributed by atoms with van der Waals surface area (Å²) in [5.41, 5.74) is -7.04. The fourth-order valence-corrected chi connectivity index (χ4v) is 1.38. The number of halogens is 6. The van der Waals surface area contributed by atoms with Crippen molar-refractivity contribution >= 4 is 0 Å². The summed E-state index contributed by atoms with van der Waals surface area (Å²) < 4.78 is 81.8. The molecule has 1 heterocycles. The zero-order valence-electron chi connectivity index (χ0n) is 7.58. The van der Waals surface area contributed by atoms with Crippen molar-refractivity contribution in [3.63, 3.8) is 0 Å². The summed E-state index contributed by atoms with van der Waals surface area (Å²) in [5.74, 6) is 0. The minimum absolute atomic E-state index is 0.521. The van der Waals surface area contributed by atoms with Gasteiger partial charge >= 0.3 is 12.4 Å². The summed E-state index contributed by atoms with van der Waals surface area (Å²) in [4.78, 5) is 0. The molecule has 2 atom stereocenters. The van der Waals surface area contributed by atoms with Gasteiger partial charge in [-0.25, -0.2) is 5.32 Å². The molecule has 1 aliphatic heterocycles. The van der Waals surface area contributed by atoms with Crippen molar-refractivity contribution in [2.24, 2.45) is 0 Å². The Bertz CT molecular complexity index is 237. The van der Waals surface area contributed by atoms with Crippen LogP contribution in [0.5, 0.6) is 0 Å². The molecule has 0 radical (unpaired) electrons. The second-order valence-corrected chi connectivity index (χ2v) is 2.89. The van der Waals surface area contributed by atoms with Crippen LogP contribution >= 0.6 is 0 Å². The minimum Gasteiger partial charge on any atom is -0.352 e. The van der Waals surface area contributed by atoms with Crippen LogP contribution in [0, 0.1) is 0 Å². The second-order valence-electron chi connectivity index (χ2n) is 2.89. The minimum atomic E-state index is -5.23. The Balaban J connectivity index is 3.12. The average Bonchev–Trinajstić information content (AvgIpc) is 2.72. The van der Waals surface area contributed by atoms with Gasteiger partial charge in [0.2, 0.25) is 0 Å². The van der Waals surface area contributed by atoms with E-state index in [2.05, 4.69) is 9.47 Å². The number of nitrogens with one attached hydrogen (secondary N) is 1. The Morgan fingerprint density at radius 1 is 0.800 bits per heavy atom. The predicted octanol–water partition coefficient (Wildman–Crippen LogP) is 1.40. The number of rotatable bonds is 2. The molecule has 0 spiro atoms. The van der Waals surface area contributed by atoms with Crippen LogP contribution in [0.15, 0.2) is 0 Å². The molecule has 0 aromatic heterocycles. The van der Waals surface area contributed by atoms with Gasteiger partial charge in [0.1, 0.15) is 0 Å². The Hall–Kier alpha value is -0.540. The van der Waals surface area contributed by atoms with Crippen LogP contribution in [0.1, 0.15) is 0 Å². The maximum absolute atomic E-state index is 12.3. The summed E-state index contributed by atoms with van der Waals surface area (Å²) in [6, 6.07) is 0. The third kappa shape index (κ3) is 1.33. The second kappa shape index (κ2) is 2.98. The third-order valence-electron chi connectivity index (χ3n) is 2.20. The van der Waals surface area contributed by atoms with Gasteiger partial charge < -0.3 is 9.47 Å². The van der Waals surface area contributed by atoms with E-state index in [9.17, 15) is 26.3 Å². The number of hydrogen-bond donors (Lipinski definition) is 1. The van der Waals surface area contributed by atoms with Gasteiger partial charge in [-0.05, 0) is 0 Å². The molecule has 90 valence electrons. The molecular weight excluding hydrogens is 232 g/mol. The SMILES string of the molecule is COC1(C(F)(F)F)NC1(OC)C(F)(F)F. The monoisotopic (exact) mass is 239 g/mol. The van der Waals surface area contributed by atoms with E-state index in [-0.39, 0.29) is 0 Å². The molecule has 2 unspecified atom stereocenters. The Morgan fingerprint density at radius 2 is 1.07 bits per heavy atom. The van der Waals surface area contributed by atoms with Gasteiger partial charge in [-0.1, -0.05) is 0 Å². The molecular formula is C6H7F6NO2. The third-order valence-corrected chi connectivity index (χ3v) is 2.20. The molecule has 15 heavy (non-hydrogen) atoms. The Kier molecular flexibility index (Phi) is 2.49. The van der Waals surface area contributed by atoms with Gasteiger partial charge in [0.25, 0.3) is 11.4 Å². The lowest BCUT2D eigenvalue weighted by Gasteiger charge is -2.24. The summed E-state index contributed by atoms with van der Waals surface area (Å²) >= 11 is 0. The van der Waals surface area contributed by atoms with Crippen molar-refractivity contribution in [2.45, 2.75) is 23.8 Å². The number of ether oxygens (including phenoxy) is 2. The van der Waals surface area contributed by atoms with Crippen molar-refractivity contribution in [3.8, 4) is 0 Å². The summed E-state index contributed by atoms with van der Waals surface area (Å²) in [7, 11) is 1.04. The van der Waals surface area contributed by atoms with E-state index in [1.807, 2.05) is 0 Å². The largest absolute Gasteiger partial charge is 0.436 e. The lowest BCUT2D eigenvalue weighted by Crippen LogP contribution is -2.50. The highest BCUT2D eigenvalue weighted by molar-refractivity contribution is 5.23. The predicted molar refractivity (Wildman–Crippen MR) is 34.7 cm³/mol. The quantitative estimate of drug-likeness (QED) is 0.585. The van der Waals surface area contributed by atoms with Crippen LogP contribution in [-0.2, 0) is 9.47 Å². The van der Waals surface area contributed by atoms with E-state index in [4.69, 9.17) is 0 Å². The van der Waals surface area contributed by atoms with Crippen LogP contribution in [0.2, 0.25) is 0 Å². The van der Waals surface area contributed by atoms with E-state index >= 15 is 0 Å². The fraction of sp³-hybridized carbons (Fsp3) is 1.00. The van der Waals surface area contributed by atoms with Crippen molar-refractivity contribution < 1.29 is 35.8 Å². The molecule has 0 aromatic rings. The first-order valence-corrected chi connectivity index (χ1v) is 3.61. The molecule has 0 bridgehead atoms. The first kappa shape index (κ1) is 12.5. The molecule has 1 N–H and O–H groups in total. The van der Waals surface area contributed by atoms with E-state index in [1.54, 1.807) is 0 Å². The number of alkyl halides is 6.